The lowest BCUT2D eigenvalue weighted by atomic mass is 10.2. The quantitative estimate of drug-likeness (QED) is 0.512. The van der Waals surface area contributed by atoms with Gasteiger partial charge in [-0.1, -0.05) is 48.2 Å². The van der Waals surface area contributed by atoms with Gasteiger partial charge < -0.3 is 14.8 Å². The molecule has 140 valence electrons. The summed E-state index contributed by atoms with van der Waals surface area (Å²) in [7, 11) is 0. The number of thioether (sulfide) groups is 2. The molecule has 1 aliphatic rings. The molecule has 1 N–H and O–H groups in total. The van der Waals surface area contributed by atoms with Crippen LogP contribution in [-0.2, 0) is 4.79 Å². The van der Waals surface area contributed by atoms with E-state index in [9.17, 15) is 4.79 Å². The number of aromatic nitrogens is 2. The zero-order valence-corrected chi connectivity index (χ0v) is 17.0. The van der Waals surface area contributed by atoms with Gasteiger partial charge in [0, 0.05) is 23.9 Å². The van der Waals surface area contributed by atoms with Gasteiger partial charge in [-0.25, -0.2) is 0 Å². The fourth-order valence-corrected chi connectivity index (χ4v) is 5.16. The normalized spacial score (nSPS) is 13.3. The molecule has 9 heteroatoms. The molecule has 26 heavy (non-hydrogen) atoms. The molecule has 1 aromatic carbocycles. The van der Waals surface area contributed by atoms with Crippen molar-refractivity contribution in [3.8, 4) is 11.5 Å². The van der Waals surface area contributed by atoms with Crippen LogP contribution in [0.15, 0.2) is 26.9 Å². The summed E-state index contributed by atoms with van der Waals surface area (Å²) in [5, 5.41) is 11.2. The molecular weight excluding hydrogens is 390 g/mol. The molecule has 1 amide bonds. The third-order valence-corrected chi connectivity index (χ3v) is 6.75. The van der Waals surface area contributed by atoms with Gasteiger partial charge in [0.15, 0.2) is 20.2 Å². The number of fused-ring (bicyclic) bond motifs is 1. The van der Waals surface area contributed by atoms with Gasteiger partial charge in [0.2, 0.25) is 5.91 Å². The van der Waals surface area contributed by atoms with E-state index in [1.165, 1.54) is 35.9 Å². The summed E-state index contributed by atoms with van der Waals surface area (Å²) in [4.78, 5) is 12.2. The predicted molar refractivity (Wildman–Crippen MR) is 107 cm³/mol. The van der Waals surface area contributed by atoms with Crippen molar-refractivity contribution < 1.29 is 14.3 Å². The van der Waals surface area contributed by atoms with E-state index in [4.69, 9.17) is 9.47 Å². The molecule has 6 nitrogen and oxygen atoms in total. The smallest absolute Gasteiger partial charge is 0.234 e. The van der Waals surface area contributed by atoms with E-state index in [0.717, 1.165) is 26.6 Å². The summed E-state index contributed by atoms with van der Waals surface area (Å²) < 4.78 is 13.0. The van der Waals surface area contributed by atoms with Gasteiger partial charge >= 0.3 is 0 Å². The Morgan fingerprint density at radius 3 is 2.77 bits per heavy atom. The number of benzene rings is 1. The molecule has 0 saturated carbocycles. The number of hydrogen-bond donors (Lipinski definition) is 1. The molecule has 1 aromatic heterocycles. The van der Waals surface area contributed by atoms with Crippen molar-refractivity contribution in [3.63, 3.8) is 0 Å². The van der Waals surface area contributed by atoms with Crippen LogP contribution in [0.1, 0.15) is 26.2 Å². The average molecular weight is 412 g/mol. The van der Waals surface area contributed by atoms with Crippen molar-refractivity contribution in [3.05, 3.63) is 18.2 Å². The standard InChI is InChI=1S/C17H21N3O3S3/c1-2-3-9-24-16-19-20-17(26-16)25-11-15(21)18-12-5-6-13-14(10-12)23-8-4-7-22-13/h5-6,10H,2-4,7-9,11H2,1H3,(H,18,21). The van der Waals surface area contributed by atoms with Crippen LogP contribution in [0.2, 0.25) is 0 Å². The van der Waals surface area contributed by atoms with Crippen LogP contribution in [0.3, 0.4) is 0 Å². The highest BCUT2D eigenvalue weighted by Gasteiger charge is 2.13. The van der Waals surface area contributed by atoms with Gasteiger partial charge in [0.05, 0.1) is 19.0 Å². The van der Waals surface area contributed by atoms with Crippen LogP contribution in [0, 0.1) is 0 Å². The highest BCUT2D eigenvalue weighted by atomic mass is 32.2. The fourth-order valence-electron chi connectivity index (χ4n) is 2.18. The first-order chi connectivity index (χ1) is 12.7. The minimum atomic E-state index is -0.0834. The molecule has 3 rings (SSSR count). The molecule has 1 aliphatic heterocycles. The van der Waals surface area contributed by atoms with Crippen LogP contribution in [0.4, 0.5) is 5.69 Å². The highest BCUT2D eigenvalue weighted by molar-refractivity contribution is 8.03. The van der Waals surface area contributed by atoms with E-state index in [2.05, 4.69) is 22.4 Å². The molecule has 0 saturated heterocycles. The van der Waals surface area contributed by atoms with E-state index >= 15 is 0 Å². The molecule has 0 fully saturated rings. The topological polar surface area (TPSA) is 73.3 Å². The Bertz CT molecular complexity index is 739. The maximum absolute atomic E-state index is 12.2. The number of unbranched alkanes of at least 4 members (excludes halogenated alkanes) is 1. The maximum Gasteiger partial charge on any atom is 0.234 e. The van der Waals surface area contributed by atoms with Crippen molar-refractivity contribution in [1.29, 1.82) is 0 Å². The maximum atomic E-state index is 12.2. The van der Waals surface area contributed by atoms with Crippen molar-refractivity contribution >= 4 is 46.5 Å². The number of anilines is 1. The lowest BCUT2D eigenvalue weighted by Crippen LogP contribution is -2.14. The Kier molecular flexibility index (Phi) is 7.45. The Balaban J connectivity index is 1.48. The number of amides is 1. The second kappa shape index (κ2) is 10.0. The van der Waals surface area contributed by atoms with Gasteiger partial charge in [0.1, 0.15) is 0 Å². The first-order valence-corrected chi connectivity index (χ1v) is 11.3. The second-order valence-corrected chi connectivity index (χ2v) is 9.13. The van der Waals surface area contributed by atoms with Gasteiger partial charge in [-0.3, -0.25) is 4.79 Å². The summed E-state index contributed by atoms with van der Waals surface area (Å²) in [5.74, 6) is 2.66. The van der Waals surface area contributed by atoms with Crippen molar-refractivity contribution in [2.45, 2.75) is 34.9 Å². The molecule has 2 aromatic rings. The van der Waals surface area contributed by atoms with Crippen LogP contribution >= 0.6 is 34.9 Å². The first-order valence-electron chi connectivity index (χ1n) is 8.53. The Hall–Kier alpha value is -1.45. The number of carbonyl (C=O) groups excluding carboxylic acids is 1. The highest BCUT2D eigenvalue weighted by Crippen LogP contribution is 2.33. The molecule has 0 atom stereocenters. The first kappa shape index (κ1) is 19.3. The van der Waals surface area contributed by atoms with E-state index in [1.807, 2.05) is 12.1 Å². The molecule has 0 aliphatic carbocycles. The Morgan fingerprint density at radius 2 is 1.96 bits per heavy atom. The number of carbonyl (C=O) groups is 1. The number of hydrogen-bond acceptors (Lipinski definition) is 8. The lowest BCUT2D eigenvalue weighted by Gasteiger charge is -2.10. The van der Waals surface area contributed by atoms with Crippen LogP contribution in [0.5, 0.6) is 11.5 Å². The third kappa shape index (κ3) is 5.78. The average Bonchev–Trinajstić information content (AvgIpc) is 2.96. The summed E-state index contributed by atoms with van der Waals surface area (Å²) >= 11 is 4.67. The van der Waals surface area contributed by atoms with Crippen LogP contribution < -0.4 is 14.8 Å². The van der Waals surface area contributed by atoms with E-state index in [0.29, 0.717) is 30.4 Å². The zero-order chi connectivity index (χ0) is 18.2. The molecule has 0 radical (unpaired) electrons. The zero-order valence-electron chi connectivity index (χ0n) is 14.5. The third-order valence-electron chi connectivity index (χ3n) is 3.47. The van der Waals surface area contributed by atoms with Crippen molar-refractivity contribution in [2.24, 2.45) is 0 Å². The number of nitrogens with zero attached hydrogens (tertiary/aromatic N) is 2. The molecule has 2 heterocycles. The summed E-state index contributed by atoms with van der Waals surface area (Å²) in [6, 6.07) is 5.45. The van der Waals surface area contributed by atoms with Gasteiger partial charge in [-0.15, -0.1) is 10.2 Å². The SMILES string of the molecule is CCCCSc1nnc(SCC(=O)Nc2ccc3c(c2)OCCCO3)s1. The lowest BCUT2D eigenvalue weighted by molar-refractivity contribution is -0.113. The number of rotatable bonds is 8. The van der Waals surface area contributed by atoms with Crippen LogP contribution in [-0.4, -0.2) is 40.8 Å². The predicted octanol–water partition coefficient (Wildman–Crippen LogP) is 4.32. The minimum absolute atomic E-state index is 0.0834. The van der Waals surface area contributed by atoms with Gasteiger partial charge in [-0.2, -0.15) is 0 Å². The summed E-state index contributed by atoms with van der Waals surface area (Å²) in [6.07, 6.45) is 3.20. The number of ether oxygens (including phenoxy) is 2. The largest absolute Gasteiger partial charge is 0.490 e. The van der Waals surface area contributed by atoms with Crippen LogP contribution in [0.25, 0.3) is 0 Å². The molecule has 0 bridgehead atoms. The molecule has 0 unspecified atom stereocenters. The van der Waals surface area contributed by atoms with Gasteiger partial charge in [0.25, 0.3) is 0 Å². The summed E-state index contributed by atoms with van der Waals surface area (Å²) in [5.41, 5.74) is 0.702. The Labute approximate surface area is 165 Å². The fraction of sp³-hybridized carbons (Fsp3) is 0.471. The van der Waals surface area contributed by atoms with Gasteiger partial charge in [-0.05, 0) is 18.6 Å². The molecule has 0 spiro atoms. The van der Waals surface area contributed by atoms with E-state index in [1.54, 1.807) is 17.8 Å². The summed E-state index contributed by atoms with van der Waals surface area (Å²) in [6.45, 7) is 3.44. The minimum Gasteiger partial charge on any atom is -0.490 e. The monoisotopic (exact) mass is 411 g/mol. The van der Waals surface area contributed by atoms with Crippen molar-refractivity contribution in [2.75, 3.05) is 30.0 Å². The second-order valence-electron chi connectivity index (χ2n) is 5.58. The Morgan fingerprint density at radius 1 is 1.19 bits per heavy atom. The number of nitrogens with one attached hydrogen (secondary N) is 1. The van der Waals surface area contributed by atoms with E-state index in [-0.39, 0.29) is 5.91 Å². The van der Waals surface area contributed by atoms with E-state index < -0.39 is 0 Å². The van der Waals surface area contributed by atoms with Crippen molar-refractivity contribution in [1.82, 2.24) is 10.2 Å². The molecular formula is C17H21N3O3S3.